The van der Waals surface area contributed by atoms with Crippen molar-refractivity contribution in [3.8, 4) is 5.75 Å². The molecular weight excluding hydrogens is 432 g/mol. The molecular formula is C21H17F2NO4S2. The van der Waals surface area contributed by atoms with E-state index in [-0.39, 0.29) is 18.3 Å². The lowest BCUT2D eigenvalue weighted by Gasteiger charge is -2.06. The molecule has 0 unspecified atom stereocenters. The van der Waals surface area contributed by atoms with Crippen LogP contribution < -0.4 is 10.1 Å². The third-order valence-electron chi connectivity index (χ3n) is 4.70. The molecule has 0 spiro atoms. The summed E-state index contributed by atoms with van der Waals surface area (Å²) < 4.78 is 36.9. The fraction of sp³-hybridized carbons (Fsp3) is 0.238. The SMILES string of the molecule is COC(=O)c1c(NC(=O)c2cc(COc3ccc(F)cc3F)cs2)sc2c1CCC2. The lowest BCUT2D eigenvalue weighted by atomic mass is 10.1. The van der Waals surface area contributed by atoms with E-state index in [0.717, 1.165) is 41.8 Å². The largest absolute Gasteiger partial charge is 0.486 e. The topological polar surface area (TPSA) is 64.6 Å². The predicted octanol–water partition coefficient (Wildman–Crippen LogP) is 5.19. The Kier molecular flexibility index (Phi) is 5.83. The van der Waals surface area contributed by atoms with Crippen molar-refractivity contribution in [2.45, 2.75) is 25.9 Å². The number of anilines is 1. The van der Waals surface area contributed by atoms with E-state index in [4.69, 9.17) is 9.47 Å². The summed E-state index contributed by atoms with van der Waals surface area (Å²) in [5.41, 5.74) is 2.08. The average Bonchev–Trinajstić information content (AvgIpc) is 3.43. The second-order valence-electron chi connectivity index (χ2n) is 6.69. The highest BCUT2D eigenvalue weighted by molar-refractivity contribution is 7.17. The number of ether oxygens (including phenoxy) is 2. The van der Waals surface area contributed by atoms with Crippen LogP contribution in [0.2, 0.25) is 0 Å². The number of hydrogen-bond donors (Lipinski definition) is 1. The number of thiophene rings is 2. The number of carbonyl (C=O) groups excluding carboxylic acids is 2. The van der Waals surface area contributed by atoms with E-state index >= 15 is 0 Å². The smallest absolute Gasteiger partial charge is 0.341 e. The highest BCUT2D eigenvalue weighted by Crippen LogP contribution is 2.39. The second-order valence-corrected chi connectivity index (χ2v) is 8.71. The molecule has 30 heavy (non-hydrogen) atoms. The summed E-state index contributed by atoms with van der Waals surface area (Å²) in [7, 11) is 1.32. The molecule has 0 bridgehead atoms. The zero-order chi connectivity index (χ0) is 21.3. The van der Waals surface area contributed by atoms with Crippen LogP contribution >= 0.6 is 22.7 Å². The number of aryl methyl sites for hydroxylation is 1. The van der Waals surface area contributed by atoms with Crippen molar-refractivity contribution in [3.05, 3.63) is 67.7 Å². The number of nitrogens with one attached hydrogen (secondary N) is 1. The Bertz CT molecular complexity index is 1120. The first kappa shape index (κ1) is 20.5. The molecule has 1 aliphatic carbocycles. The Morgan fingerprint density at radius 3 is 2.80 bits per heavy atom. The van der Waals surface area contributed by atoms with E-state index in [1.54, 1.807) is 11.4 Å². The zero-order valence-electron chi connectivity index (χ0n) is 15.9. The maximum absolute atomic E-state index is 13.7. The molecule has 1 aromatic carbocycles. The molecule has 156 valence electrons. The van der Waals surface area contributed by atoms with Crippen LogP contribution in [0.15, 0.2) is 29.6 Å². The number of carbonyl (C=O) groups is 2. The molecule has 0 atom stereocenters. The summed E-state index contributed by atoms with van der Waals surface area (Å²) in [5, 5.41) is 5.05. The summed E-state index contributed by atoms with van der Waals surface area (Å²) in [4.78, 5) is 26.4. The minimum atomic E-state index is -0.788. The first-order valence-corrected chi connectivity index (χ1v) is 10.9. The van der Waals surface area contributed by atoms with E-state index in [2.05, 4.69) is 5.32 Å². The van der Waals surface area contributed by atoms with Crippen LogP contribution in [0.1, 0.15) is 42.5 Å². The van der Waals surface area contributed by atoms with E-state index in [9.17, 15) is 18.4 Å². The van der Waals surface area contributed by atoms with Gasteiger partial charge in [0.1, 0.15) is 17.4 Å². The normalized spacial score (nSPS) is 12.5. The highest BCUT2D eigenvalue weighted by Gasteiger charge is 2.28. The molecule has 0 saturated carbocycles. The first-order valence-electron chi connectivity index (χ1n) is 9.15. The highest BCUT2D eigenvalue weighted by atomic mass is 32.1. The number of amides is 1. The van der Waals surface area contributed by atoms with E-state index in [1.165, 1.54) is 35.8 Å². The zero-order valence-corrected chi connectivity index (χ0v) is 17.6. The Balaban J connectivity index is 1.45. The molecule has 1 aliphatic rings. The Labute approximate surface area is 179 Å². The summed E-state index contributed by atoms with van der Waals surface area (Å²) in [6.07, 6.45) is 2.68. The van der Waals surface area contributed by atoms with Crippen molar-refractivity contribution in [1.29, 1.82) is 0 Å². The van der Waals surface area contributed by atoms with Gasteiger partial charge in [0.15, 0.2) is 11.6 Å². The fourth-order valence-electron chi connectivity index (χ4n) is 3.30. The van der Waals surface area contributed by atoms with Gasteiger partial charge in [-0.1, -0.05) is 0 Å². The van der Waals surface area contributed by atoms with Gasteiger partial charge >= 0.3 is 5.97 Å². The molecule has 0 aliphatic heterocycles. The number of benzene rings is 1. The van der Waals surface area contributed by atoms with Gasteiger partial charge in [0.25, 0.3) is 5.91 Å². The van der Waals surface area contributed by atoms with Crippen LogP contribution in [-0.2, 0) is 24.2 Å². The van der Waals surface area contributed by atoms with Crippen molar-refractivity contribution >= 4 is 39.6 Å². The van der Waals surface area contributed by atoms with Gasteiger partial charge in [-0.3, -0.25) is 4.79 Å². The third-order valence-corrected chi connectivity index (χ3v) is 6.89. The number of methoxy groups -OCH3 is 1. The molecule has 2 aromatic heterocycles. The molecule has 0 fully saturated rings. The van der Waals surface area contributed by atoms with Gasteiger partial charge in [-0.2, -0.15) is 0 Å². The maximum Gasteiger partial charge on any atom is 0.341 e. The van der Waals surface area contributed by atoms with Gasteiger partial charge in [0.05, 0.1) is 17.6 Å². The lowest BCUT2D eigenvalue weighted by molar-refractivity contribution is 0.0601. The standard InChI is InChI=1S/C21H17F2NO4S2/c1-27-21(26)18-13-3-2-4-16(13)30-20(18)24-19(25)17-7-11(10-29-17)9-28-15-6-5-12(22)8-14(15)23/h5-8,10H,2-4,9H2,1H3,(H,24,25). The number of rotatable bonds is 6. The summed E-state index contributed by atoms with van der Waals surface area (Å²) in [5.74, 6) is -2.33. The Hall–Kier alpha value is -2.78. The van der Waals surface area contributed by atoms with Crippen LogP contribution in [0.5, 0.6) is 5.75 Å². The molecule has 0 saturated heterocycles. The lowest BCUT2D eigenvalue weighted by Crippen LogP contribution is -2.13. The Morgan fingerprint density at radius 1 is 1.20 bits per heavy atom. The van der Waals surface area contributed by atoms with Crippen LogP contribution in [0.25, 0.3) is 0 Å². The fourth-order valence-corrected chi connectivity index (χ4v) is 5.36. The van der Waals surface area contributed by atoms with Gasteiger partial charge in [-0.05, 0) is 48.4 Å². The van der Waals surface area contributed by atoms with Gasteiger partial charge in [0.2, 0.25) is 0 Å². The van der Waals surface area contributed by atoms with Crippen molar-refractivity contribution in [2.75, 3.05) is 12.4 Å². The van der Waals surface area contributed by atoms with Crippen LogP contribution in [0, 0.1) is 11.6 Å². The van der Waals surface area contributed by atoms with Crippen molar-refractivity contribution in [2.24, 2.45) is 0 Å². The van der Waals surface area contributed by atoms with E-state index in [1.807, 2.05) is 0 Å². The van der Waals surface area contributed by atoms with Crippen molar-refractivity contribution in [1.82, 2.24) is 0 Å². The summed E-state index contributed by atoms with van der Waals surface area (Å²) >= 11 is 2.62. The van der Waals surface area contributed by atoms with Crippen LogP contribution in [0.3, 0.4) is 0 Å². The molecule has 9 heteroatoms. The number of halogens is 2. The molecule has 2 heterocycles. The first-order chi connectivity index (χ1) is 14.5. The van der Waals surface area contributed by atoms with Crippen molar-refractivity contribution in [3.63, 3.8) is 0 Å². The predicted molar refractivity (Wildman–Crippen MR) is 111 cm³/mol. The number of esters is 1. The molecule has 1 N–H and O–H groups in total. The monoisotopic (exact) mass is 449 g/mol. The van der Waals surface area contributed by atoms with Crippen LogP contribution in [0.4, 0.5) is 13.8 Å². The third kappa shape index (κ3) is 4.08. The number of hydrogen-bond acceptors (Lipinski definition) is 6. The van der Waals surface area contributed by atoms with Crippen LogP contribution in [-0.4, -0.2) is 19.0 Å². The van der Waals surface area contributed by atoms with Crippen molar-refractivity contribution < 1.29 is 27.8 Å². The molecule has 0 radical (unpaired) electrons. The van der Waals surface area contributed by atoms with E-state index < -0.39 is 17.6 Å². The average molecular weight is 450 g/mol. The second kappa shape index (κ2) is 8.53. The van der Waals surface area contributed by atoms with Gasteiger partial charge in [0, 0.05) is 16.5 Å². The Morgan fingerprint density at radius 2 is 2.03 bits per heavy atom. The summed E-state index contributed by atoms with van der Waals surface area (Å²) in [6.45, 7) is 0.0348. The maximum atomic E-state index is 13.7. The quantitative estimate of drug-likeness (QED) is 0.526. The summed E-state index contributed by atoms with van der Waals surface area (Å²) in [6, 6.07) is 4.72. The van der Waals surface area contributed by atoms with E-state index in [0.29, 0.717) is 21.0 Å². The van der Waals surface area contributed by atoms with Gasteiger partial charge in [-0.25, -0.2) is 13.6 Å². The molecule has 4 rings (SSSR count). The minimum Gasteiger partial charge on any atom is -0.486 e. The van der Waals surface area contributed by atoms with Gasteiger partial charge < -0.3 is 14.8 Å². The minimum absolute atomic E-state index is 0.0348. The number of fused-ring (bicyclic) bond motifs is 1. The molecule has 1 amide bonds. The molecule has 5 nitrogen and oxygen atoms in total. The molecule has 3 aromatic rings. The van der Waals surface area contributed by atoms with Gasteiger partial charge in [-0.15, -0.1) is 22.7 Å².